The van der Waals surface area contributed by atoms with Crippen LogP contribution in [-0.4, -0.2) is 36.5 Å². The molecule has 1 aliphatic rings. The van der Waals surface area contributed by atoms with E-state index in [1.165, 1.54) is 5.56 Å². The molecular formula is C18H27N3O2. The molecule has 0 saturated carbocycles. The van der Waals surface area contributed by atoms with E-state index in [4.69, 9.17) is 0 Å². The lowest BCUT2D eigenvalue weighted by atomic mass is 9.87. The van der Waals surface area contributed by atoms with E-state index in [9.17, 15) is 9.59 Å². The van der Waals surface area contributed by atoms with Gasteiger partial charge < -0.3 is 15.5 Å². The molecule has 0 atom stereocenters. The fourth-order valence-electron chi connectivity index (χ4n) is 2.64. The Labute approximate surface area is 138 Å². The molecule has 1 aliphatic heterocycles. The van der Waals surface area contributed by atoms with E-state index in [0.717, 1.165) is 31.6 Å². The summed E-state index contributed by atoms with van der Waals surface area (Å²) >= 11 is 0. The van der Waals surface area contributed by atoms with Crippen LogP contribution in [0.3, 0.4) is 0 Å². The Balaban J connectivity index is 1.73. The first-order chi connectivity index (χ1) is 10.9. The zero-order valence-corrected chi connectivity index (χ0v) is 14.3. The molecule has 0 unspecified atom stereocenters. The molecule has 1 heterocycles. The highest BCUT2D eigenvalue weighted by Gasteiger charge is 2.17. The normalized spacial score (nSPS) is 14.7. The summed E-state index contributed by atoms with van der Waals surface area (Å²) in [5.74, 6) is 0.123. The molecule has 0 aliphatic carbocycles. The number of urea groups is 1. The van der Waals surface area contributed by atoms with Gasteiger partial charge in [0.2, 0.25) is 5.91 Å². The number of carbonyl (C=O) groups excluding carboxylic acids is 2. The van der Waals surface area contributed by atoms with E-state index in [0.29, 0.717) is 13.0 Å². The third-order valence-corrected chi connectivity index (χ3v) is 4.09. The minimum atomic E-state index is -0.275. The van der Waals surface area contributed by atoms with Crippen LogP contribution < -0.4 is 10.6 Å². The van der Waals surface area contributed by atoms with Crippen molar-refractivity contribution in [1.82, 2.24) is 10.2 Å². The van der Waals surface area contributed by atoms with Crippen LogP contribution in [0.2, 0.25) is 0 Å². The molecule has 2 rings (SSSR count). The molecule has 0 aromatic heterocycles. The maximum Gasteiger partial charge on any atom is 0.319 e. The molecule has 5 heteroatoms. The van der Waals surface area contributed by atoms with Gasteiger partial charge in [-0.15, -0.1) is 0 Å². The predicted octanol–water partition coefficient (Wildman–Crippen LogP) is 3.12. The van der Waals surface area contributed by atoms with Gasteiger partial charge in [0.05, 0.1) is 0 Å². The first-order valence-corrected chi connectivity index (χ1v) is 8.29. The first kappa shape index (κ1) is 17.3. The Bertz CT molecular complexity index is 540. The molecule has 1 saturated heterocycles. The van der Waals surface area contributed by atoms with Crippen LogP contribution in [0.1, 0.15) is 45.6 Å². The summed E-state index contributed by atoms with van der Waals surface area (Å²) in [6.45, 7) is 8.52. The molecule has 3 amide bonds. The molecule has 0 bridgehead atoms. The standard InChI is InChI=1S/C18H27N3O2/c1-18(2,3)14-6-8-15(9-7-14)20-17(23)19-11-10-16(22)21-12-4-5-13-21/h6-9H,4-5,10-13H2,1-3H3,(H2,19,20,23). The van der Waals surface area contributed by atoms with Gasteiger partial charge in [-0.3, -0.25) is 4.79 Å². The Morgan fingerprint density at radius 2 is 1.70 bits per heavy atom. The zero-order valence-electron chi connectivity index (χ0n) is 14.3. The van der Waals surface area contributed by atoms with Crippen molar-refractivity contribution in [3.05, 3.63) is 29.8 Å². The van der Waals surface area contributed by atoms with E-state index in [-0.39, 0.29) is 17.4 Å². The first-order valence-electron chi connectivity index (χ1n) is 8.29. The second kappa shape index (κ2) is 7.49. The molecular weight excluding hydrogens is 290 g/mol. The highest BCUT2D eigenvalue weighted by Crippen LogP contribution is 2.23. The van der Waals surface area contributed by atoms with Gasteiger partial charge in [0.1, 0.15) is 0 Å². The van der Waals surface area contributed by atoms with Gasteiger partial charge in [0, 0.05) is 31.7 Å². The molecule has 2 N–H and O–H groups in total. The second-order valence-corrected chi connectivity index (χ2v) is 7.05. The number of nitrogens with one attached hydrogen (secondary N) is 2. The van der Waals surface area contributed by atoms with E-state index in [1.54, 1.807) is 0 Å². The highest BCUT2D eigenvalue weighted by atomic mass is 16.2. The Hall–Kier alpha value is -2.04. The zero-order chi connectivity index (χ0) is 16.9. The molecule has 1 fully saturated rings. The molecule has 5 nitrogen and oxygen atoms in total. The quantitative estimate of drug-likeness (QED) is 0.896. The summed E-state index contributed by atoms with van der Waals surface area (Å²) < 4.78 is 0. The van der Waals surface area contributed by atoms with Crippen molar-refractivity contribution in [3.8, 4) is 0 Å². The summed E-state index contributed by atoms with van der Waals surface area (Å²) in [5, 5.41) is 5.52. The number of nitrogens with zero attached hydrogens (tertiary/aromatic N) is 1. The van der Waals surface area contributed by atoms with Crippen molar-refractivity contribution >= 4 is 17.6 Å². The van der Waals surface area contributed by atoms with Gasteiger partial charge >= 0.3 is 6.03 Å². The molecule has 0 spiro atoms. The van der Waals surface area contributed by atoms with E-state index < -0.39 is 0 Å². The van der Waals surface area contributed by atoms with Crippen molar-refractivity contribution in [2.75, 3.05) is 25.0 Å². The summed E-state index contributed by atoms with van der Waals surface area (Å²) in [7, 11) is 0. The van der Waals surface area contributed by atoms with Crippen LogP contribution in [0.4, 0.5) is 10.5 Å². The summed E-state index contributed by atoms with van der Waals surface area (Å²) in [6.07, 6.45) is 2.53. The third-order valence-electron chi connectivity index (χ3n) is 4.09. The number of rotatable bonds is 4. The van der Waals surface area contributed by atoms with Crippen LogP contribution in [-0.2, 0) is 10.2 Å². The highest BCUT2D eigenvalue weighted by molar-refractivity contribution is 5.89. The number of carbonyl (C=O) groups is 2. The van der Waals surface area contributed by atoms with Crippen LogP contribution in [0, 0.1) is 0 Å². The summed E-state index contributed by atoms with van der Waals surface area (Å²) in [4.78, 5) is 25.6. The fourth-order valence-corrected chi connectivity index (χ4v) is 2.64. The lowest BCUT2D eigenvalue weighted by Gasteiger charge is -2.19. The smallest absolute Gasteiger partial charge is 0.319 e. The fraction of sp³-hybridized carbons (Fsp3) is 0.556. The van der Waals surface area contributed by atoms with Crippen LogP contribution in [0.15, 0.2) is 24.3 Å². The second-order valence-electron chi connectivity index (χ2n) is 7.05. The lowest BCUT2D eigenvalue weighted by Crippen LogP contribution is -2.34. The predicted molar refractivity (Wildman–Crippen MR) is 92.6 cm³/mol. The number of likely N-dealkylation sites (tertiary alicyclic amines) is 1. The van der Waals surface area contributed by atoms with Crippen LogP contribution in [0.25, 0.3) is 0 Å². The third kappa shape index (κ3) is 5.27. The Morgan fingerprint density at radius 3 is 2.26 bits per heavy atom. The van der Waals surface area contributed by atoms with E-state index in [1.807, 2.05) is 29.2 Å². The minimum Gasteiger partial charge on any atom is -0.343 e. The van der Waals surface area contributed by atoms with Gasteiger partial charge in [-0.1, -0.05) is 32.9 Å². The van der Waals surface area contributed by atoms with Gasteiger partial charge in [-0.25, -0.2) is 4.79 Å². The lowest BCUT2D eigenvalue weighted by molar-refractivity contribution is -0.129. The molecule has 1 aromatic carbocycles. The number of amides is 3. The monoisotopic (exact) mass is 317 g/mol. The van der Waals surface area contributed by atoms with Crippen molar-refractivity contribution < 1.29 is 9.59 Å². The van der Waals surface area contributed by atoms with Gasteiger partial charge in [-0.05, 0) is 36.0 Å². The molecule has 0 radical (unpaired) electrons. The van der Waals surface area contributed by atoms with E-state index >= 15 is 0 Å². The van der Waals surface area contributed by atoms with Crippen molar-refractivity contribution in [3.63, 3.8) is 0 Å². The molecule has 1 aromatic rings. The maximum absolute atomic E-state index is 11.9. The SMILES string of the molecule is CC(C)(C)c1ccc(NC(=O)NCCC(=O)N2CCCC2)cc1. The molecule has 23 heavy (non-hydrogen) atoms. The van der Waals surface area contributed by atoms with Crippen molar-refractivity contribution in [2.24, 2.45) is 0 Å². The number of anilines is 1. The van der Waals surface area contributed by atoms with Gasteiger partial charge in [-0.2, -0.15) is 0 Å². The minimum absolute atomic E-state index is 0.0940. The summed E-state index contributed by atoms with van der Waals surface area (Å²) in [6, 6.07) is 7.56. The average molecular weight is 317 g/mol. The summed E-state index contributed by atoms with van der Waals surface area (Å²) in [5.41, 5.74) is 2.07. The Kier molecular flexibility index (Phi) is 5.64. The number of benzene rings is 1. The van der Waals surface area contributed by atoms with Crippen molar-refractivity contribution in [2.45, 2.75) is 45.4 Å². The van der Waals surface area contributed by atoms with E-state index in [2.05, 4.69) is 31.4 Å². The Morgan fingerprint density at radius 1 is 1.09 bits per heavy atom. The van der Waals surface area contributed by atoms with Gasteiger partial charge in [0.15, 0.2) is 0 Å². The molecule has 126 valence electrons. The maximum atomic E-state index is 11.9. The van der Waals surface area contributed by atoms with Crippen LogP contribution in [0.5, 0.6) is 0 Å². The topological polar surface area (TPSA) is 61.4 Å². The van der Waals surface area contributed by atoms with Crippen LogP contribution >= 0.6 is 0 Å². The average Bonchev–Trinajstić information content (AvgIpc) is 3.01. The largest absolute Gasteiger partial charge is 0.343 e. The van der Waals surface area contributed by atoms with Crippen molar-refractivity contribution in [1.29, 1.82) is 0 Å². The number of hydrogen-bond donors (Lipinski definition) is 2. The van der Waals surface area contributed by atoms with Gasteiger partial charge in [0.25, 0.3) is 0 Å². The number of hydrogen-bond acceptors (Lipinski definition) is 2.